The van der Waals surface area contributed by atoms with Crippen LogP contribution in [-0.2, 0) is 0 Å². The fraction of sp³-hybridized carbons (Fsp3) is 0.375. The molecule has 2 nitrogen and oxygen atoms in total. The first-order valence-corrected chi connectivity index (χ1v) is 6.28. The molecule has 0 fully saturated rings. The molecule has 98 valence electrons. The predicted molar refractivity (Wildman–Crippen MR) is 80.4 cm³/mol. The van der Waals surface area contributed by atoms with E-state index in [2.05, 4.69) is 39.0 Å². The molecule has 0 radical (unpaired) electrons. The average Bonchev–Trinajstić information content (AvgIpc) is 2.29. The van der Waals surface area contributed by atoms with Crippen molar-refractivity contribution in [2.24, 2.45) is 5.73 Å². The summed E-state index contributed by atoms with van der Waals surface area (Å²) in [5, 5.41) is 0. The van der Waals surface area contributed by atoms with Crippen LogP contribution in [0.3, 0.4) is 0 Å². The Morgan fingerprint density at radius 3 is 2.17 bits per heavy atom. The van der Waals surface area contributed by atoms with Crippen LogP contribution < -0.4 is 11.5 Å². The highest BCUT2D eigenvalue weighted by Gasteiger charge is 2.14. The normalized spacial score (nSPS) is 21.9. The summed E-state index contributed by atoms with van der Waals surface area (Å²) in [7, 11) is 0. The van der Waals surface area contributed by atoms with Crippen LogP contribution in [-0.4, -0.2) is 5.54 Å². The predicted octanol–water partition coefficient (Wildman–Crippen LogP) is 3.50. The van der Waals surface area contributed by atoms with Crippen molar-refractivity contribution in [1.29, 1.82) is 0 Å². The second-order valence-electron chi connectivity index (χ2n) is 5.34. The van der Waals surface area contributed by atoms with Gasteiger partial charge in [0.2, 0.25) is 0 Å². The first-order chi connectivity index (χ1) is 8.30. The van der Waals surface area contributed by atoms with E-state index in [1.807, 2.05) is 25.1 Å². The highest BCUT2D eigenvalue weighted by atomic mass is 14.7. The second-order valence-corrected chi connectivity index (χ2v) is 5.34. The van der Waals surface area contributed by atoms with Crippen LogP contribution >= 0.6 is 0 Å². The fourth-order valence-corrected chi connectivity index (χ4v) is 1.60. The van der Waals surface area contributed by atoms with Gasteiger partial charge in [-0.25, -0.2) is 0 Å². The lowest BCUT2D eigenvalue weighted by atomic mass is 9.92. The number of benzene rings is 1. The molecule has 18 heavy (non-hydrogen) atoms. The highest BCUT2D eigenvalue weighted by molar-refractivity contribution is 5.43. The van der Waals surface area contributed by atoms with Gasteiger partial charge < -0.3 is 11.5 Å². The van der Waals surface area contributed by atoms with Gasteiger partial charge in [-0.15, -0.1) is 0 Å². The summed E-state index contributed by atoms with van der Waals surface area (Å²) in [6.07, 6.45) is 7.27. The number of anilines is 1. The van der Waals surface area contributed by atoms with Crippen molar-refractivity contribution in [2.75, 3.05) is 5.73 Å². The van der Waals surface area contributed by atoms with Crippen LogP contribution in [0.5, 0.6) is 0 Å². The number of aryl methyl sites for hydroxylation is 2. The molecular formula is C16H24N2. The molecule has 0 amide bonds. The number of allylic oxidation sites excluding steroid dienone is 2. The van der Waals surface area contributed by atoms with Crippen molar-refractivity contribution >= 4 is 5.69 Å². The molecule has 0 bridgehead atoms. The standard InChI is InChI=1S/C8H13N.C8H11N/c1-7-3-5-8(2,9)6-4-7;1-6-3-4-8(9)5-7(6)2/h3-5H,6,9H2,1-2H3;3-5H,9H2,1-2H3. The lowest BCUT2D eigenvalue weighted by Gasteiger charge is -2.21. The minimum absolute atomic E-state index is 0.0977. The summed E-state index contributed by atoms with van der Waals surface area (Å²) >= 11 is 0. The van der Waals surface area contributed by atoms with Crippen LogP contribution in [0, 0.1) is 13.8 Å². The Labute approximate surface area is 110 Å². The van der Waals surface area contributed by atoms with E-state index in [1.54, 1.807) is 0 Å². The van der Waals surface area contributed by atoms with E-state index in [9.17, 15) is 0 Å². The third kappa shape index (κ3) is 4.76. The zero-order valence-corrected chi connectivity index (χ0v) is 11.8. The average molecular weight is 244 g/mol. The number of nitrogens with two attached hydrogens (primary N) is 2. The SMILES string of the molecule is CC1=CCC(C)(N)C=C1.Cc1ccc(N)cc1C. The quantitative estimate of drug-likeness (QED) is 0.686. The van der Waals surface area contributed by atoms with Gasteiger partial charge in [0.15, 0.2) is 0 Å². The van der Waals surface area contributed by atoms with E-state index < -0.39 is 0 Å². The van der Waals surface area contributed by atoms with E-state index in [0.29, 0.717) is 0 Å². The van der Waals surface area contributed by atoms with Gasteiger partial charge in [-0.2, -0.15) is 0 Å². The molecule has 2 heteroatoms. The Morgan fingerprint density at radius 2 is 1.78 bits per heavy atom. The van der Waals surface area contributed by atoms with Crippen LogP contribution in [0.25, 0.3) is 0 Å². The minimum atomic E-state index is -0.0977. The Bertz CT molecular complexity index is 468. The first-order valence-electron chi connectivity index (χ1n) is 6.28. The number of rotatable bonds is 0. The van der Waals surface area contributed by atoms with Crippen molar-refractivity contribution in [2.45, 2.75) is 39.7 Å². The molecule has 0 heterocycles. The largest absolute Gasteiger partial charge is 0.399 e. The topological polar surface area (TPSA) is 52.0 Å². The summed E-state index contributed by atoms with van der Waals surface area (Å²) in [6, 6.07) is 5.93. The van der Waals surface area contributed by atoms with E-state index in [4.69, 9.17) is 11.5 Å². The van der Waals surface area contributed by atoms with Gasteiger partial charge in [0, 0.05) is 11.2 Å². The molecule has 0 aromatic heterocycles. The van der Waals surface area contributed by atoms with E-state index >= 15 is 0 Å². The molecular weight excluding hydrogens is 220 g/mol. The Kier molecular flexibility index (Phi) is 4.74. The molecule has 1 aromatic rings. The van der Waals surface area contributed by atoms with Crippen LogP contribution in [0.1, 0.15) is 31.4 Å². The first kappa shape index (κ1) is 14.5. The zero-order valence-electron chi connectivity index (χ0n) is 11.8. The fourth-order valence-electron chi connectivity index (χ4n) is 1.60. The molecule has 1 aromatic carbocycles. The van der Waals surface area contributed by atoms with E-state index in [0.717, 1.165) is 12.1 Å². The van der Waals surface area contributed by atoms with Gasteiger partial charge in [-0.05, 0) is 57.4 Å². The number of hydrogen-bond acceptors (Lipinski definition) is 2. The van der Waals surface area contributed by atoms with Gasteiger partial charge >= 0.3 is 0 Å². The van der Waals surface area contributed by atoms with Gasteiger partial charge in [0.05, 0.1) is 0 Å². The monoisotopic (exact) mass is 244 g/mol. The van der Waals surface area contributed by atoms with E-state index in [-0.39, 0.29) is 5.54 Å². The summed E-state index contributed by atoms with van der Waals surface area (Å²) < 4.78 is 0. The maximum atomic E-state index is 5.81. The second kappa shape index (κ2) is 5.87. The molecule has 4 N–H and O–H groups in total. The van der Waals surface area contributed by atoms with E-state index in [1.165, 1.54) is 16.7 Å². The minimum Gasteiger partial charge on any atom is -0.399 e. The lowest BCUT2D eigenvalue weighted by molar-refractivity contribution is 0.586. The molecule has 0 saturated carbocycles. The Morgan fingerprint density at radius 1 is 1.11 bits per heavy atom. The van der Waals surface area contributed by atoms with Crippen molar-refractivity contribution in [3.8, 4) is 0 Å². The molecule has 1 atom stereocenters. The van der Waals surface area contributed by atoms with Gasteiger partial charge in [-0.1, -0.05) is 29.9 Å². The van der Waals surface area contributed by atoms with Crippen LogP contribution in [0.4, 0.5) is 5.69 Å². The van der Waals surface area contributed by atoms with Gasteiger partial charge in [-0.3, -0.25) is 0 Å². The van der Waals surface area contributed by atoms with Gasteiger partial charge in [0.1, 0.15) is 0 Å². The third-order valence-electron chi connectivity index (χ3n) is 3.12. The molecule has 2 rings (SSSR count). The summed E-state index contributed by atoms with van der Waals surface area (Å²) in [5.74, 6) is 0. The third-order valence-corrected chi connectivity index (χ3v) is 3.12. The molecule has 0 spiro atoms. The smallest absolute Gasteiger partial charge is 0.0348 e. The van der Waals surface area contributed by atoms with Crippen molar-refractivity contribution in [1.82, 2.24) is 0 Å². The Hall–Kier alpha value is -1.54. The lowest BCUT2D eigenvalue weighted by Crippen LogP contribution is -2.33. The van der Waals surface area contributed by atoms with Gasteiger partial charge in [0.25, 0.3) is 0 Å². The van der Waals surface area contributed by atoms with Crippen molar-refractivity contribution in [3.63, 3.8) is 0 Å². The maximum absolute atomic E-state index is 5.81. The molecule has 1 aliphatic carbocycles. The summed E-state index contributed by atoms with van der Waals surface area (Å²) in [6.45, 7) is 8.26. The van der Waals surface area contributed by atoms with Crippen LogP contribution in [0.15, 0.2) is 42.0 Å². The Balaban J connectivity index is 0.000000180. The van der Waals surface area contributed by atoms with Crippen molar-refractivity contribution < 1.29 is 0 Å². The highest BCUT2D eigenvalue weighted by Crippen LogP contribution is 2.16. The molecule has 0 aliphatic heterocycles. The summed E-state index contributed by atoms with van der Waals surface area (Å²) in [5.41, 5.74) is 16.0. The molecule has 0 saturated heterocycles. The number of hydrogen-bond donors (Lipinski definition) is 2. The molecule has 1 unspecified atom stereocenters. The van der Waals surface area contributed by atoms with Crippen LogP contribution in [0.2, 0.25) is 0 Å². The zero-order chi connectivity index (χ0) is 13.8. The molecule has 1 aliphatic rings. The maximum Gasteiger partial charge on any atom is 0.0348 e. The summed E-state index contributed by atoms with van der Waals surface area (Å²) in [4.78, 5) is 0. The number of nitrogen functional groups attached to an aromatic ring is 1. The van der Waals surface area contributed by atoms with Crippen molar-refractivity contribution in [3.05, 3.63) is 53.1 Å².